The van der Waals surface area contributed by atoms with E-state index in [0.29, 0.717) is 12.6 Å². The molecule has 1 aromatic rings. The summed E-state index contributed by atoms with van der Waals surface area (Å²) in [6.45, 7) is 7.11. The van der Waals surface area contributed by atoms with Gasteiger partial charge in [-0.25, -0.2) is 0 Å². The molecule has 0 aromatic heterocycles. The van der Waals surface area contributed by atoms with Crippen LogP contribution in [0.1, 0.15) is 13.8 Å². The zero-order valence-corrected chi connectivity index (χ0v) is 10.5. The number of rotatable bonds is 3. The highest BCUT2D eigenvalue weighted by Gasteiger charge is 2.21. The minimum Gasteiger partial charge on any atom is -0.492 e. The molecule has 0 saturated carbocycles. The molecule has 1 unspecified atom stereocenters. The van der Waals surface area contributed by atoms with Gasteiger partial charge in [-0.3, -0.25) is 0 Å². The predicted molar refractivity (Wildman–Crippen MR) is 69.7 cm³/mol. The van der Waals surface area contributed by atoms with Gasteiger partial charge in [0.05, 0.1) is 31.2 Å². The normalized spacial score (nSPS) is 20.4. The lowest BCUT2D eigenvalue weighted by molar-refractivity contribution is 0.0990. The molecule has 0 radical (unpaired) electrons. The van der Waals surface area contributed by atoms with Crippen molar-refractivity contribution < 1.29 is 9.47 Å². The van der Waals surface area contributed by atoms with Crippen LogP contribution in [0.4, 0.5) is 11.4 Å². The van der Waals surface area contributed by atoms with Gasteiger partial charge < -0.3 is 20.1 Å². The summed E-state index contributed by atoms with van der Waals surface area (Å²) in [6, 6.07) is 6.29. The second-order valence-electron chi connectivity index (χ2n) is 4.24. The van der Waals surface area contributed by atoms with Crippen molar-refractivity contribution in [1.82, 2.24) is 0 Å². The van der Waals surface area contributed by atoms with Crippen LogP contribution in [0.3, 0.4) is 0 Å². The molecule has 17 heavy (non-hydrogen) atoms. The SMILES string of the molecule is CCOc1cccc(N2CCOCC2C)c1N. The molecule has 1 fully saturated rings. The van der Waals surface area contributed by atoms with E-state index >= 15 is 0 Å². The van der Waals surface area contributed by atoms with Crippen molar-refractivity contribution in [3.05, 3.63) is 18.2 Å². The van der Waals surface area contributed by atoms with Crippen LogP contribution < -0.4 is 15.4 Å². The van der Waals surface area contributed by atoms with E-state index in [2.05, 4.69) is 11.8 Å². The number of nitrogens with zero attached hydrogens (tertiary/aromatic N) is 1. The first-order chi connectivity index (χ1) is 8.24. The lowest BCUT2D eigenvalue weighted by Gasteiger charge is -2.36. The monoisotopic (exact) mass is 236 g/mol. The first kappa shape index (κ1) is 12.0. The summed E-state index contributed by atoms with van der Waals surface area (Å²) < 4.78 is 11.0. The number of benzene rings is 1. The maximum Gasteiger partial charge on any atom is 0.144 e. The van der Waals surface area contributed by atoms with Crippen LogP contribution in [0, 0.1) is 0 Å². The standard InChI is InChI=1S/C13H20N2O2/c1-3-17-12-6-4-5-11(13(12)14)15-7-8-16-9-10(15)2/h4-6,10H,3,7-9,14H2,1-2H3. The average Bonchev–Trinajstić information content (AvgIpc) is 2.33. The molecule has 4 nitrogen and oxygen atoms in total. The first-order valence-electron chi connectivity index (χ1n) is 6.09. The molecular weight excluding hydrogens is 216 g/mol. The van der Waals surface area contributed by atoms with E-state index in [-0.39, 0.29) is 0 Å². The summed E-state index contributed by atoms with van der Waals surface area (Å²) >= 11 is 0. The number of hydrogen-bond donors (Lipinski definition) is 1. The van der Waals surface area contributed by atoms with Gasteiger partial charge in [0.2, 0.25) is 0 Å². The number of ether oxygens (including phenoxy) is 2. The minimum absolute atomic E-state index is 0.350. The average molecular weight is 236 g/mol. The zero-order chi connectivity index (χ0) is 12.3. The molecule has 0 spiro atoms. The fourth-order valence-corrected chi connectivity index (χ4v) is 2.15. The third-order valence-electron chi connectivity index (χ3n) is 3.02. The summed E-state index contributed by atoms with van der Waals surface area (Å²) in [7, 11) is 0. The minimum atomic E-state index is 0.350. The molecule has 1 saturated heterocycles. The molecule has 2 rings (SSSR count). The number of hydrogen-bond acceptors (Lipinski definition) is 4. The molecule has 1 aliphatic rings. The van der Waals surface area contributed by atoms with Gasteiger partial charge in [0.15, 0.2) is 0 Å². The molecule has 4 heteroatoms. The molecule has 0 aliphatic carbocycles. The van der Waals surface area contributed by atoms with Crippen LogP contribution in [0.5, 0.6) is 5.75 Å². The molecule has 0 amide bonds. The molecule has 2 N–H and O–H groups in total. The summed E-state index contributed by atoms with van der Waals surface area (Å²) in [5.74, 6) is 0.767. The van der Waals surface area contributed by atoms with Crippen LogP contribution in [-0.2, 0) is 4.74 Å². The second kappa shape index (κ2) is 5.27. The van der Waals surface area contributed by atoms with Crippen molar-refractivity contribution in [3.63, 3.8) is 0 Å². The molecule has 94 valence electrons. The van der Waals surface area contributed by atoms with Crippen molar-refractivity contribution in [2.75, 3.05) is 37.0 Å². The fourth-order valence-electron chi connectivity index (χ4n) is 2.15. The van der Waals surface area contributed by atoms with Crippen LogP contribution >= 0.6 is 0 Å². The van der Waals surface area contributed by atoms with Gasteiger partial charge in [0.1, 0.15) is 5.75 Å². The van der Waals surface area contributed by atoms with Gasteiger partial charge in [-0.1, -0.05) is 6.07 Å². The van der Waals surface area contributed by atoms with E-state index in [1.165, 1.54) is 0 Å². The van der Waals surface area contributed by atoms with Gasteiger partial charge >= 0.3 is 0 Å². The maximum absolute atomic E-state index is 6.15. The molecule has 1 aliphatic heterocycles. The zero-order valence-electron chi connectivity index (χ0n) is 10.5. The van der Waals surface area contributed by atoms with E-state index in [9.17, 15) is 0 Å². The van der Waals surface area contributed by atoms with E-state index in [1.54, 1.807) is 0 Å². The third-order valence-corrected chi connectivity index (χ3v) is 3.02. The highest BCUT2D eigenvalue weighted by molar-refractivity contribution is 5.74. The van der Waals surface area contributed by atoms with Crippen molar-refractivity contribution in [2.24, 2.45) is 0 Å². The number of nitrogen functional groups attached to an aromatic ring is 1. The largest absolute Gasteiger partial charge is 0.492 e. The Balaban J connectivity index is 2.27. The summed E-state index contributed by atoms with van der Waals surface area (Å²) in [5, 5.41) is 0. The van der Waals surface area contributed by atoms with Gasteiger partial charge in [0.25, 0.3) is 0 Å². The predicted octanol–water partition coefficient (Wildman–Crippen LogP) is 1.89. The van der Waals surface area contributed by atoms with Crippen molar-refractivity contribution in [1.29, 1.82) is 0 Å². The number of para-hydroxylation sites is 1. The summed E-state index contributed by atoms with van der Waals surface area (Å²) in [5.41, 5.74) is 7.93. The van der Waals surface area contributed by atoms with Crippen LogP contribution in [0.15, 0.2) is 18.2 Å². The van der Waals surface area contributed by atoms with E-state index < -0.39 is 0 Å². The maximum atomic E-state index is 6.15. The van der Waals surface area contributed by atoms with Gasteiger partial charge in [-0.05, 0) is 26.0 Å². The Bertz CT molecular complexity index is 382. The highest BCUT2D eigenvalue weighted by atomic mass is 16.5. The third kappa shape index (κ3) is 2.47. The van der Waals surface area contributed by atoms with Crippen molar-refractivity contribution in [2.45, 2.75) is 19.9 Å². The Morgan fingerprint density at radius 2 is 2.35 bits per heavy atom. The molecular formula is C13H20N2O2. The van der Waals surface area contributed by atoms with Crippen LogP contribution in [-0.4, -0.2) is 32.4 Å². The Labute approximate surface area is 102 Å². The first-order valence-corrected chi connectivity index (χ1v) is 6.09. The summed E-state index contributed by atoms with van der Waals surface area (Å²) in [6.07, 6.45) is 0. The second-order valence-corrected chi connectivity index (χ2v) is 4.24. The fraction of sp³-hybridized carbons (Fsp3) is 0.538. The van der Waals surface area contributed by atoms with E-state index in [1.807, 2.05) is 25.1 Å². The number of nitrogens with two attached hydrogens (primary N) is 1. The van der Waals surface area contributed by atoms with E-state index in [4.69, 9.17) is 15.2 Å². The van der Waals surface area contributed by atoms with Crippen molar-refractivity contribution in [3.8, 4) is 5.75 Å². The Morgan fingerprint density at radius 1 is 1.53 bits per heavy atom. The smallest absolute Gasteiger partial charge is 0.144 e. The number of morpholine rings is 1. The summed E-state index contributed by atoms with van der Waals surface area (Å²) in [4.78, 5) is 2.28. The molecule has 0 bridgehead atoms. The quantitative estimate of drug-likeness (QED) is 0.814. The molecule has 1 atom stereocenters. The van der Waals surface area contributed by atoms with Crippen LogP contribution in [0.2, 0.25) is 0 Å². The molecule has 1 heterocycles. The Kier molecular flexibility index (Phi) is 3.74. The lowest BCUT2D eigenvalue weighted by atomic mass is 10.1. The lowest BCUT2D eigenvalue weighted by Crippen LogP contribution is -2.44. The highest BCUT2D eigenvalue weighted by Crippen LogP contribution is 2.33. The van der Waals surface area contributed by atoms with Crippen molar-refractivity contribution >= 4 is 11.4 Å². The van der Waals surface area contributed by atoms with E-state index in [0.717, 1.165) is 36.9 Å². The Morgan fingerprint density at radius 3 is 3.06 bits per heavy atom. The number of anilines is 2. The Hall–Kier alpha value is -1.42. The van der Waals surface area contributed by atoms with Crippen LogP contribution in [0.25, 0.3) is 0 Å². The topological polar surface area (TPSA) is 47.7 Å². The van der Waals surface area contributed by atoms with Gasteiger partial charge in [-0.15, -0.1) is 0 Å². The van der Waals surface area contributed by atoms with Gasteiger partial charge in [0, 0.05) is 12.6 Å². The molecule has 1 aromatic carbocycles. The van der Waals surface area contributed by atoms with Gasteiger partial charge in [-0.2, -0.15) is 0 Å².